The van der Waals surface area contributed by atoms with Crippen molar-refractivity contribution >= 4 is 5.97 Å². The van der Waals surface area contributed by atoms with Crippen LogP contribution in [0.15, 0.2) is 34.9 Å². The van der Waals surface area contributed by atoms with Gasteiger partial charge >= 0.3 is 5.97 Å². The summed E-state index contributed by atoms with van der Waals surface area (Å²) in [5.74, 6) is -0.00805. The molecule has 0 spiro atoms. The second-order valence-electron chi connectivity index (χ2n) is 4.60. The number of hydrogen-bond donors (Lipinski definition) is 1. The van der Waals surface area contributed by atoms with Crippen LogP contribution in [0.3, 0.4) is 0 Å². The average molecular weight is 306 g/mol. The van der Waals surface area contributed by atoms with Gasteiger partial charge in [-0.05, 0) is 18.2 Å². The van der Waals surface area contributed by atoms with Crippen LogP contribution in [0.1, 0.15) is 17.2 Å². The Morgan fingerprint density at radius 3 is 2.36 bits per heavy atom. The molecule has 1 atom stereocenters. The number of methoxy groups -OCH3 is 3. The summed E-state index contributed by atoms with van der Waals surface area (Å²) < 4.78 is 21.1. The Kier molecular flexibility index (Phi) is 4.93. The van der Waals surface area contributed by atoms with Gasteiger partial charge < -0.3 is 23.7 Å². The van der Waals surface area contributed by atoms with E-state index in [-0.39, 0.29) is 6.42 Å². The summed E-state index contributed by atoms with van der Waals surface area (Å²) in [7, 11) is 4.45. The highest BCUT2D eigenvalue weighted by Crippen LogP contribution is 2.43. The second-order valence-corrected chi connectivity index (χ2v) is 4.60. The van der Waals surface area contributed by atoms with Crippen molar-refractivity contribution in [2.45, 2.75) is 12.3 Å². The molecule has 118 valence electrons. The first-order valence-electron chi connectivity index (χ1n) is 6.66. The number of carboxylic acids is 1. The van der Waals surface area contributed by atoms with E-state index in [1.807, 2.05) is 0 Å². The molecule has 0 saturated carbocycles. The molecule has 0 fully saturated rings. The number of carboxylic acid groups (broad SMARTS) is 1. The summed E-state index contributed by atoms with van der Waals surface area (Å²) in [6.45, 7) is 0. The Hall–Kier alpha value is -2.63. The van der Waals surface area contributed by atoms with Crippen molar-refractivity contribution in [1.82, 2.24) is 0 Å². The second kappa shape index (κ2) is 6.89. The van der Waals surface area contributed by atoms with Gasteiger partial charge in [-0.1, -0.05) is 6.07 Å². The van der Waals surface area contributed by atoms with Gasteiger partial charge in [0.25, 0.3) is 0 Å². The molecular weight excluding hydrogens is 288 g/mol. The minimum Gasteiger partial charge on any atom is -0.493 e. The first kappa shape index (κ1) is 15.8. The van der Waals surface area contributed by atoms with E-state index >= 15 is 0 Å². The fraction of sp³-hybridized carbons (Fsp3) is 0.312. The van der Waals surface area contributed by atoms with Crippen LogP contribution in [-0.2, 0) is 11.2 Å². The van der Waals surface area contributed by atoms with Gasteiger partial charge in [0.05, 0.1) is 33.5 Å². The number of carbonyl (C=O) groups is 1. The molecule has 0 aliphatic carbocycles. The lowest BCUT2D eigenvalue weighted by Crippen LogP contribution is -2.15. The van der Waals surface area contributed by atoms with E-state index in [2.05, 4.69) is 0 Å². The molecule has 0 bridgehead atoms. The van der Waals surface area contributed by atoms with E-state index in [0.717, 1.165) is 0 Å². The van der Waals surface area contributed by atoms with Gasteiger partial charge in [0.1, 0.15) is 5.76 Å². The molecule has 1 unspecified atom stereocenters. The van der Waals surface area contributed by atoms with Gasteiger partial charge in [-0.25, -0.2) is 0 Å². The van der Waals surface area contributed by atoms with Gasteiger partial charge in [-0.2, -0.15) is 0 Å². The molecule has 0 saturated heterocycles. The average Bonchev–Trinajstić information content (AvgIpc) is 3.03. The molecular formula is C16H18O6. The Bertz CT molecular complexity index is 632. The van der Waals surface area contributed by atoms with Crippen LogP contribution in [0.2, 0.25) is 0 Å². The molecule has 6 nitrogen and oxygen atoms in total. The Morgan fingerprint density at radius 2 is 1.86 bits per heavy atom. The van der Waals surface area contributed by atoms with Crippen LogP contribution in [0.5, 0.6) is 17.2 Å². The van der Waals surface area contributed by atoms with Crippen LogP contribution in [-0.4, -0.2) is 32.4 Å². The van der Waals surface area contributed by atoms with Crippen molar-refractivity contribution in [2.75, 3.05) is 21.3 Å². The minimum atomic E-state index is -0.970. The molecule has 1 heterocycles. The number of rotatable bonds is 7. The van der Waals surface area contributed by atoms with Crippen molar-refractivity contribution < 1.29 is 28.5 Å². The van der Waals surface area contributed by atoms with Crippen LogP contribution in [0.25, 0.3) is 0 Å². The number of benzene rings is 1. The maximum atomic E-state index is 11.7. The molecule has 1 aromatic carbocycles. The van der Waals surface area contributed by atoms with E-state index in [0.29, 0.717) is 28.6 Å². The first-order valence-corrected chi connectivity index (χ1v) is 6.66. The van der Waals surface area contributed by atoms with Crippen molar-refractivity contribution in [3.05, 3.63) is 41.9 Å². The number of ether oxygens (including phenoxy) is 3. The summed E-state index contributed by atoms with van der Waals surface area (Å²) in [5, 5.41) is 9.57. The third-order valence-electron chi connectivity index (χ3n) is 3.39. The van der Waals surface area contributed by atoms with E-state index in [1.165, 1.54) is 27.6 Å². The largest absolute Gasteiger partial charge is 0.493 e. The standard InChI is InChI=1S/C16H18O6/c1-19-13-7-6-11(14(20-2)15(13)21-3)12(16(17)18)9-10-5-4-8-22-10/h4-8,12H,9H2,1-3H3,(H,17,18). The predicted octanol–water partition coefficient (Wildman–Crippen LogP) is 2.72. The van der Waals surface area contributed by atoms with Crippen molar-refractivity contribution in [3.63, 3.8) is 0 Å². The SMILES string of the molecule is COc1ccc(C(Cc2ccco2)C(=O)O)c(OC)c1OC. The van der Waals surface area contributed by atoms with Gasteiger partial charge in [0.15, 0.2) is 11.5 Å². The number of aliphatic carboxylic acids is 1. The van der Waals surface area contributed by atoms with E-state index in [4.69, 9.17) is 18.6 Å². The zero-order chi connectivity index (χ0) is 16.1. The highest BCUT2D eigenvalue weighted by atomic mass is 16.5. The van der Waals surface area contributed by atoms with E-state index < -0.39 is 11.9 Å². The Balaban J connectivity index is 2.49. The molecule has 0 amide bonds. The van der Waals surface area contributed by atoms with Gasteiger partial charge in [0.2, 0.25) is 5.75 Å². The Labute approximate surface area is 128 Å². The maximum absolute atomic E-state index is 11.7. The molecule has 1 aromatic heterocycles. The highest BCUT2D eigenvalue weighted by Gasteiger charge is 2.28. The van der Waals surface area contributed by atoms with Crippen molar-refractivity contribution in [1.29, 1.82) is 0 Å². The molecule has 0 aliphatic rings. The van der Waals surface area contributed by atoms with Gasteiger partial charge in [-0.3, -0.25) is 4.79 Å². The highest BCUT2D eigenvalue weighted by molar-refractivity contribution is 5.78. The van der Waals surface area contributed by atoms with Crippen molar-refractivity contribution in [3.8, 4) is 17.2 Å². The fourth-order valence-electron chi connectivity index (χ4n) is 2.36. The van der Waals surface area contributed by atoms with E-state index in [1.54, 1.807) is 24.3 Å². The summed E-state index contributed by atoms with van der Waals surface area (Å²) in [6, 6.07) is 6.79. The molecule has 0 aliphatic heterocycles. The van der Waals surface area contributed by atoms with Gasteiger partial charge in [-0.15, -0.1) is 0 Å². The fourth-order valence-corrected chi connectivity index (χ4v) is 2.36. The van der Waals surface area contributed by atoms with Gasteiger partial charge in [0, 0.05) is 12.0 Å². The van der Waals surface area contributed by atoms with E-state index in [9.17, 15) is 9.90 Å². The molecule has 2 rings (SSSR count). The summed E-state index contributed by atoms with van der Waals surface area (Å²) in [5.41, 5.74) is 0.504. The number of hydrogen-bond acceptors (Lipinski definition) is 5. The minimum absolute atomic E-state index is 0.216. The van der Waals surface area contributed by atoms with Crippen LogP contribution < -0.4 is 14.2 Å². The van der Waals surface area contributed by atoms with Crippen LogP contribution in [0, 0.1) is 0 Å². The first-order chi connectivity index (χ1) is 10.6. The predicted molar refractivity (Wildman–Crippen MR) is 78.9 cm³/mol. The third-order valence-corrected chi connectivity index (χ3v) is 3.39. The zero-order valence-electron chi connectivity index (χ0n) is 12.7. The summed E-state index contributed by atoms with van der Waals surface area (Å²) in [4.78, 5) is 11.7. The topological polar surface area (TPSA) is 78.1 Å². The Morgan fingerprint density at radius 1 is 1.14 bits per heavy atom. The molecule has 22 heavy (non-hydrogen) atoms. The lowest BCUT2D eigenvalue weighted by atomic mass is 9.93. The lowest BCUT2D eigenvalue weighted by Gasteiger charge is -2.19. The number of furan rings is 1. The molecule has 1 N–H and O–H groups in total. The maximum Gasteiger partial charge on any atom is 0.311 e. The summed E-state index contributed by atoms with van der Waals surface area (Å²) >= 11 is 0. The molecule has 6 heteroatoms. The summed E-state index contributed by atoms with van der Waals surface area (Å²) in [6.07, 6.45) is 1.73. The lowest BCUT2D eigenvalue weighted by molar-refractivity contribution is -0.138. The monoisotopic (exact) mass is 306 g/mol. The molecule has 2 aromatic rings. The quantitative estimate of drug-likeness (QED) is 0.847. The smallest absolute Gasteiger partial charge is 0.311 e. The van der Waals surface area contributed by atoms with Crippen LogP contribution >= 0.6 is 0 Å². The van der Waals surface area contributed by atoms with Crippen molar-refractivity contribution in [2.24, 2.45) is 0 Å². The normalized spacial score (nSPS) is 11.8. The molecule has 0 radical (unpaired) electrons. The van der Waals surface area contributed by atoms with Crippen LogP contribution in [0.4, 0.5) is 0 Å². The zero-order valence-corrected chi connectivity index (χ0v) is 12.7. The third kappa shape index (κ3) is 3.00.